The summed E-state index contributed by atoms with van der Waals surface area (Å²) in [6, 6.07) is 8.41. The molecule has 1 unspecified atom stereocenters. The van der Waals surface area contributed by atoms with Gasteiger partial charge in [-0.15, -0.1) is 0 Å². The Morgan fingerprint density at radius 2 is 1.50 bits per heavy atom. The zero-order chi connectivity index (χ0) is 21.1. The Balaban J connectivity index is 1.40. The molecule has 0 aromatic heterocycles. The average molecular weight is 415 g/mol. The number of rotatable bonds is 6. The zero-order valence-electron chi connectivity index (χ0n) is 18.0. The third kappa shape index (κ3) is 4.76. The maximum atomic E-state index is 15.1. The maximum absolute atomic E-state index is 15.1. The highest BCUT2D eigenvalue weighted by atomic mass is 19.2. The van der Waals surface area contributed by atoms with E-state index in [2.05, 4.69) is 13.0 Å². The lowest BCUT2D eigenvalue weighted by molar-refractivity contribution is 0.302. The molecule has 0 spiro atoms. The van der Waals surface area contributed by atoms with E-state index in [1.54, 1.807) is 6.07 Å². The van der Waals surface area contributed by atoms with Crippen molar-refractivity contribution in [3.05, 3.63) is 70.0 Å². The number of unbranched alkanes of at least 4 members (excludes halogenated alkanes) is 2. The lowest BCUT2D eigenvalue weighted by Crippen LogP contribution is -2.16. The van der Waals surface area contributed by atoms with E-state index in [1.165, 1.54) is 50.7 Å². The van der Waals surface area contributed by atoms with Crippen LogP contribution in [0.2, 0.25) is 0 Å². The van der Waals surface area contributed by atoms with Crippen LogP contribution < -0.4 is 0 Å². The third-order valence-corrected chi connectivity index (χ3v) is 7.47. The topological polar surface area (TPSA) is 0 Å². The van der Waals surface area contributed by atoms with Crippen LogP contribution >= 0.6 is 0 Å². The van der Waals surface area contributed by atoms with Crippen LogP contribution in [0.15, 0.2) is 30.3 Å². The monoisotopic (exact) mass is 414 g/mol. The molecule has 0 N–H and O–H groups in total. The van der Waals surface area contributed by atoms with Gasteiger partial charge in [0.15, 0.2) is 11.6 Å². The van der Waals surface area contributed by atoms with Crippen LogP contribution in [0.4, 0.5) is 13.2 Å². The third-order valence-electron chi connectivity index (χ3n) is 7.47. The quantitative estimate of drug-likeness (QED) is 0.418. The van der Waals surface area contributed by atoms with E-state index >= 15 is 4.39 Å². The van der Waals surface area contributed by atoms with Crippen molar-refractivity contribution in [1.82, 2.24) is 0 Å². The second kappa shape index (κ2) is 9.58. The molecular formula is C27H33F3. The van der Waals surface area contributed by atoms with E-state index in [4.69, 9.17) is 0 Å². The zero-order valence-corrected chi connectivity index (χ0v) is 18.0. The Labute approximate surface area is 178 Å². The summed E-state index contributed by atoms with van der Waals surface area (Å²) in [4.78, 5) is 0. The summed E-state index contributed by atoms with van der Waals surface area (Å²) in [5.41, 5.74) is 3.53. The predicted octanol–water partition coefficient (Wildman–Crippen LogP) is 8.23. The summed E-state index contributed by atoms with van der Waals surface area (Å²) in [6.07, 6.45) is 12.2. The number of halogens is 3. The minimum absolute atomic E-state index is 0.0331. The molecule has 30 heavy (non-hydrogen) atoms. The Bertz CT molecular complexity index is 865. The van der Waals surface area contributed by atoms with E-state index in [1.807, 2.05) is 6.07 Å². The summed E-state index contributed by atoms with van der Waals surface area (Å²) in [7, 11) is 0. The van der Waals surface area contributed by atoms with Crippen molar-refractivity contribution in [1.29, 1.82) is 0 Å². The van der Waals surface area contributed by atoms with Crippen molar-refractivity contribution in [2.24, 2.45) is 5.92 Å². The SMILES string of the molecule is CCCCCC1CCC(c2ccc(C3CCc4cc(F)c(F)cc4C3)c(F)c2)CC1. The Hall–Kier alpha value is -1.77. The summed E-state index contributed by atoms with van der Waals surface area (Å²) in [6.45, 7) is 2.25. The number of hydrogen-bond acceptors (Lipinski definition) is 0. The fraction of sp³-hybridized carbons (Fsp3) is 0.556. The van der Waals surface area contributed by atoms with Gasteiger partial charge in [0.05, 0.1) is 0 Å². The molecule has 0 aliphatic heterocycles. The molecule has 3 heteroatoms. The fourth-order valence-electron chi connectivity index (χ4n) is 5.61. The van der Waals surface area contributed by atoms with Gasteiger partial charge in [-0.1, -0.05) is 44.7 Å². The van der Waals surface area contributed by atoms with Gasteiger partial charge in [0, 0.05) is 0 Å². The number of hydrogen-bond donors (Lipinski definition) is 0. The second-order valence-corrected chi connectivity index (χ2v) is 9.47. The number of aryl methyl sites for hydroxylation is 1. The van der Waals surface area contributed by atoms with Gasteiger partial charge in [0.25, 0.3) is 0 Å². The fourth-order valence-corrected chi connectivity index (χ4v) is 5.61. The van der Waals surface area contributed by atoms with Crippen LogP contribution in [0.5, 0.6) is 0 Å². The van der Waals surface area contributed by atoms with Crippen molar-refractivity contribution in [2.75, 3.05) is 0 Å². The van der Waals surface area contributed by atoms with E-state index < -0.39 is 11.6 Å². The molecular weight excluding hydrogens is 381 g/mol. The van der Waals surface area contributed by atoms with Crippen molar-refractivity contribution in [3.8, 4) is 0 Å². The van der Waals surface area contributed by atoms with Gasteiger partial charge in [-0.2, -0.15) is 0 Å². The molecule has 0 saturated heterocycles. The first kappa shape index (κ1) is 21.5. The minimum atomic E-state index is -0.810. The van der Waals surface area contributed by atoms with Crippen LogP contribution in [-0.2, 0) is 12.8 Å². The highest BCUT2D eigenvalue weighted by Gasteiger charge is 2.26. The molecule has 2 aliphatic rings. The Morgan fingerprint density at radius 1 is 0.767 bits per heavy atom. The Kier molecular flexibility index (Phi) is 6.85. The molecule has 0 bridgehead atoms. The maximum Gasteiger partial charge on any atom is 0.159 e. The highest BCUT2D eigenvalue weighted by molar-refractivity contribution is 5.37. The number of fused-ring (bicyclic) bond motifs is 1. The van der Waals surface area contributed by atoms with E-state index in [-0.39, 0.29) is 11.7 Å². The molecule has 1 atom stereocenters. The smallest absolute Gasteiger partial charge is 0.159 e. The summed E-state index contributed by atoms with van der Waals surface area (Å²) < 4.78 is 42.2. The lowest BCUT2D eigenvalue weighted by Gasteiger charge is -2.30. The Morgan fingerprint density at radius 3 is 2.20 bits per heavy atom. The molecule has 2 aromatic carbocycles. The molecule has 0 nitrogen and oxygen atoms in total. The van der Waals surface area contributed by atoms with E-state index in [0.717, 1.165) is 47.4 Å². The standard InChI is InChI=1S/C27H33F3/c1-2-3-4-5-18-6-8-19(9-7-18)20-12-13-24(25(28)15-20)22-11-10-21-16-26(29)27(30)17-23(21)14-22/h12-13,15-19,22H,2-11,14H2,1H3. The summed E-state index contributed by atoms with van der Waals surface area (Å²) in [5.74, 6) is -0.373. The van der Waals surface area contributed by atoms with Crippen LogP contribution in [-0.4, -0.2) is 0 Å². The molecule has 0 radical (unpaired) electrons. The van der Waals surface area contributed by atoms with Crippen LogP contribution in [0.25, 0.3) is 0 Å². The van der Waals surface area contributed by atoms with Crippen molar-refractivity contribution < 1.29 is 13.2 Å². The molecule has 0 heterocycles. The van der Waals surface area contributed by atoms with Gasteiger partial charge < -0.3 is 0 Å². The summed E-state index contributed by atoms with van der Waals surface area (Å²) in [5, 5.41) is 0. The predicted molar refractivity (Wildman–Crippen MR) is 116 cm³/mol. The van der Waals surface area contributed by atoms with Gasteiger partial charge in [0.1, 0.15) is 5.82 Å². The van der Waals surface area contributed by atoms with Crippen molar-refractivity contribution in [3.63, 3.8) is 0 Å². The van der Waals surface area contributed by atoms with Crippen molar-refractivity contribution >= 4 is 0 Å². The lowest BCUT2D eigenvalue weighted by atomic mass is 9.76. The molecule has 2 aromatic rings. The minimum Gasteiger partial charge on any atom is -0.207 e. The van der Waals surface area contributed by atoms with Gasteiger partial charge in [-0.3, -0.25) is 0 Å². The van der Waals surface area contributed by atoms with Crippen LogP contribution in [0.1, 0.15) is 98.8 Å². The largest absolute Gasteiger partial charge is 0.207 e. The van der Waals surface area contributed by atoms with Gasteiger partial charge >= 0.3 is 0 Å². The normalized spacial score (nSPS) is 23.9. The highest BCUT2D eigenvalue weighted by Crippen LogP contribution is 2.40. The first-order valence-corrected chi connectivity index (χ1v) is 11.8. The first-order valence-electron chi connectivity index (χ1n) is 11.8. The number of benzene rings is 2. The second-order valence-electron chi connectivity index (χ2n) is 9.47. The molecule has 4 rings (SSSR count). The molecule has 2 aliphatic carbocycles. The molecule has 162 valence electrons. The first-order chi connectivity index (χ1) is 14.5. The van der Waals surface area contributed by atoms with Crippen LogP contribution in [0.3, 0.4) is 0 Å². The molecule has 1 saturated carbocycles. The van der Waals surface area contributed by atoms with E-state index in [0.29, 0.717) is 18.8 Å². The van der Waals surface area contributed by atoms with E-state index in [9.17, 15) is 8.78 Å². The summed E-state index contributed by atoms with van der Waals surface area (Å²) >= 11 is 0. The van der Waals surface area contributed by atoms with Gasteiger partial charge in [-0.05, 0) is 103 Å². The molecule has 1 fully saturated rings. The van der Waals surface area contributed by atoms with Crippen molar-refractivity contribution in [2.45, 2.75) is 89.4 Å². The van der Waals surface area contributed by atoms with Gasteiger partial charge in [-0.25, -0.2) is 13.2 Å². The van der Waals surface area contributed by atoms with Crippen LogP contribution in [0, 0.1) is 23.4 Å². The average Bonchev–Trinajstić information content (AvgIpc) is 2.75. The van der Waals surface area contributed by atoms with Gasteiger partial charge in [0.2, 0.25) is 0 Å². The molecule has 0 amide bonds.